The zero-order valence-electron chi connectivity index (χ0n) is 39.4. The maximum atomic E-state index is 6.49. The summed E-state index contributed by atoms with van der Waals surface area (Å²) in [5.74, 6) is 0. The maximum Gasteiger partial charge on any atom is 0.322 e. The molecule has 7 nitrogen and oxygen atoms in total. The molecule has 17 heteroatoms. The molecule has 0 aromatic heterocycles. The first-order valence-corrected chi connectivity index (χ1v) is 46.3. The molecule has 314 valence electrons. The number of hydrogen-bond acceptors (Lipinski definition) is 7. The quantitative estimate of drug-likeness (QED) is 0.175. The molecular formula is C36H88O7Si10. The van der Waals surface area contributed by atoms with Crippen LogP contribution in [-0.2, 0) is 29.1 Å². The largest absolute Gasteiger partial charge is 0.458 e. The lowest BCUT2D eigenvalue weighted by Gasteiger charge is -2.30. The number of benzene rings is 2. The summed E-state index contributed by atoms with van der Waals surface area (Å²) in [7, 11) is -10.3. The van der Waals surface area contributed by atoms with Crippen LogP contribution in [0.3, 0.4) is 0 Å². The van der Waals surface area contributed by atoms with E-state index in [0.29, 0.717) is 0 Å². The molecule has 53 heavy (non-hydrogen) atoms. The van der Waals surface area contributed by atoms with Crippen molar-refractivity contribution in [3.8, 4) is 0 Å². The molecule has 0 saturated carbocycles. The van der Waals surface area contributed by atoms with E-state index < -0.39 is 77.8 Å². The van der Waals surface area contributed by atoms with Crippen LogP contribution in [0, 0.1) is 0 Å². The van der Waals surface area contributed by atoms with Gasteiger partial charge < -0.3 is 29.1 Å². The highest BCUT2D eigenvalue weighted by atomic mass is 28.5. The van der Waals surface area contributed by atoms with Gasteiger partial charge in [0.15, 0.2) is 43.0 Å². The molecular weight excluding hydrogens is 825 g/mol. The van der Waals surface area contributed by atoms with Crippen LogP contribution in [0.15, 0.2) is 60.7 Å². The van der Waals surface area contributed by atoms with Crippen LogP contribution in [-0.4, -0.2) is 95.4 Å². The minimum absolute atomic E-state index is 0.734. The van der Waals surface area contributed by atoms with Gasteiger partial charge in [-0.3, -0.25) is 0 Å². The monoisotopic (exact) mass is 912 g/mol. The van der Waals surface area contributed by atoms with Crippen molar-refractivity contribution < 1.29 is 29.1 Å². The third kappa shape index (κ3) is 36.4. The van der Waals surface area contributed by atoms with Crippen LogP contribution in [0.5, 0.6) is 0 Å². The Hall–Kier alpha value is 0.329. The molecule has 0 aliphatic rings. The third-order valence-corrected chi connectivity index (χ3v) is 34.7. The molecule has 0 aliphatic carbocycles. The minimum atomic E-state index is -2.00. The number of hydrogen-bond donors (Lipinski definition) is 0. The highest BCUT2D eigenvalue weighted by Gasteiger charge is 2.34. The van der Waals surface area contributed by atoms with E-state index in [1.54, 1.807) is 7.11 Å². The van der Waals surface area contributed by atoms with E-state index >= 15 is 0 Å². The van der Waals surface area contributed by atoms with Crippen LogP contribution in [0.1, 0.15) is 27.7 Å². The number of rotatable bonds is 14. The van der Waals surface area contributed by atoms with E-state index in [1.807, 2.05) is 40.8 Å². The van der Waals surface area contributed by atoms with Gasteiger partial charge in [0.05, 0.1) is 0 Å². The van der Waals surface area contributed by atoms with Gasteiger partial charge in [0.1, 0.15) is 10.5 Å². The average Bonchev–Trinajstić information content (AvgIpc) is 3.01. The van der Waals surface area contributed by atoms with Crippen molar-refractivity contribution >= 4 is 98.6 Å². The topological polar surface area (TPSA) is 64.6 Å². The summed E-state index contributed by atoms with van der Waals surface area (Å²) in [5.41, 5.74) is 0. The van der Waals surface area contributed by atoms with Crippen molar-refractivity contribution in [2.24, 2.45) is 0 Å². The lowest BCUT2D eigenvalue weighted by atomic mass is 10.4. The summed E-state index contributed by atoms with van der Waals surface area (Å²) >= 11 is 0. The Morgan fingerprint density at radius 1 is 0.453 bits per heavy atom. The molecule has 2 aromatic carbocycles. The van der Waals surface area contributed by atoms with E-state index in [4.69, 9.17) is 29.1 Å². The standard InChI is InChI=1S/C15H20OSi2.C7H22O3Si3.C5H18O2Si3.C5H16OSi2.2C2H6/c1-17(2)16-18(3,14-10-6-4-7-11-14)15-12-8-5-9-13-15;1-8-13(6,7)10-11(2)9-12(3,4)5;1-9(2,3)7-10(4,5)6-8;1-7(2)6-8(3,4)5;2*1-2/h4-13,17H,1-3H3;11H,1-7H3;1-5,8H3;7H,1-5H3;2*1-2H3. The molecule has 0 aliphatic heterocycles. The van der Waals surface area contributed by atoms with Gasteiger partial charge in [-0.25, -0.2) is 0 Å². The fourth-order valence-electron chi connectivity index (χ4n) is 4.74. The predicted octanol–water partition coefficient (Wildman–Crippen LogP) is 9.14. The molecule has 1 unspecified atom stereocenters. The average molecular weight is 914 g/mol. The Bertz CT molecular complexity index is 1090. The van der Waals surface area contributed by atoms with Crippen molar-refractivity contribution in [2.45, 2.75) is 152 Å². The zero-order chi connectivity index (χ0) is 42.9. The molecule has 0 heterocycles. The smallest absolute Gasteiger partial charge is 0.322 e. The van der Waals surface area contributed by atoms with Gasteiger partial charge in [-0.2, -0.15) is 0 Å². The molecule has 0 fully saturated rings. The van der Waals surface area contributed by atoms with Gasteiger partial charge in [0.25, 0.3) is 9.28 Å². The Balaban J connectivity index is -0.000000305. The van der Waals surface area contributed by atoms with Crippen molar-refractivity contribution in [1.29, 1.82) is 0 Å². The van der Waals surface area contributed by atoms with Crippen molar-refractivity contribution in [3.05, 3.63) is 60.7 Å². The van der Waals surface area contributed by atoms with E-state index in [9.17, 15) is 0 Å². The van der Waals surface area contributed by atoms with Gasteiger partial charge in [-0.05, 0) is 135 Å². The Morgan fingerprint density at radius 3 is 1.00 bits per heavy atom. The summed E-state index contributed by atoms with van der Waals surface area (Å²) in [5, 5.41) is 2.72. The summed E-state index contributed by atoms with van der Waals surface area (Å²) in [4.78, 5) is 0. The van der Waals surface area contributed by atoms with E-state index in [-0.39, 0.29) is 0 Å². The molecule has 0 saturated heterocycles. The second kappa shape index (κ2) is 29.5. The van der Waals surface area contributed by atoms with Crippen molar-refractivity contribution in [2.75, 3.05) is 7.11 Å². The molecule has 0 bridgehead atoms. The first-order chi connectivity index (χ1) is 24.0. The molecule has 0 spiro atoms. The normalized spacial score (nSPS) is 12.7. The summed E-state index contributed by atoms with van der Waals surface area (Å²) in [6.07, 6.45) is 0. The fraction of sp³-hybridized carbons (Fsp3) is 0.667. The molecule has 0 N–H and O–H groups in total. The van der Waals surface area contributed by atoms with Crippen LogP contribution in [0.4, 0.5) is 0 Å². The van der Waals surface area contributed by atoms with E-state index in [1.165, 1.54) is 10.4 Å². The highest BCUT2D eigenvalue weighted by molar-refractivity contribution is 6.99. The van der Waals surface area contributed by atoms with Crippen LogP contribution >= 0.6 is 0 Å². The van der Waals surface area contributed by atoms with Gasteiger partial charge >= 0.3 is 17.1 Å². The fourth-order valence-corrected chi connectivity index (χ4v) is 32.4. The molecule has 1 atom stereocenters. The zero-order valence-corrected chi connectivity index (χ0v) is 50.8. The Morgan fingerprint density at radius 2 is 0.792 bits per heavy atom. The lowest BCUT2D eigenvalue weighted by molar-refractivity contribution is 0.292. The third-order valence-electron chi connectivity index (χ3n) is 6.21. The Kier molecular flexibility index (Phi) is 33.4. The van der Waals surface area contributed by atoms with Gasteiger partial charge in [0.2, 0.25) is 8.32 Å². The van der Waals surface area contributed by atoms with Crippen molar-refractivity contribution in [1.82, 2.24) is 0 Å². The van der Waals surface area contributed by atoms with Crippen LogP contribution in [0.25, 0.3) is 0 Å². The molecule has 0 amide bonds. The lowest BCUT2D eigenvalue weighted by Crippen LogP contribution is -2.60. The molecule has 2 aromatic rings. The molecule has 0 radical (unpaired) electrons. The summed E-state index contributed by atoms with van der Waals surface area (Å²) in [6, 6.07) is 21.4. The summed E-state index contributed by atoms with van der Waals surface area (Å²) < 4.78 is 40.5. The van der Waals surface area contributed by atoms with Gasteiger partial charge in [0, 0.05) is 7.11 Å². The van der Waals surface area contributed by atoms with Gasteiger partial charge in [-0.15, -0.1) is 0 Å². The minimum Gasteiger partial charge on any atom is -0.458 e. The molecule has 2 rings (SSSR count). The maximum absolute atomic E-state index is 6.49. The predicted molar refractivity (Wildman–Crippen MR) is 266 cm³/mol. The van der Waals surface area contributed by atoms with Crippen LogP contribution < -0.4 is 10.4 Å². The second-order valence-electron chi connectivity index (χ2n) is 16.5. The van der Waals surface area contributed by atoms with Gasteiger partial charge in [-0.1, -0.05) is 88.4 Å². The van der Waals surface area contributed by atoms with Crippen LogP contribution in [0.2, 0.25) is 124 Å². The van der Waals surface area contributed by atoms with Crippen molar-refractivity contribution in [3.63, 3.8) is 0 Å². The summed E-state index contributed by atoms with van der Waals surface area (Å²) in [6.45, 7) is 49.5. The second-order valence-corrected chi connectivity index (χ2v) is 50.0. The van der Waals surface area contributed by atoms with E-state index in [2.05, 4.69) is 172 Å². The first kappa shape index (κ1) is 60.0. The Labute approximate surface area is 345 Å². The van der Waals surface area contributed by atoms with E-state index in [0.717, 1.165) is 10.5 Å². The first-order valence-electron chi connectivity index (χ1n) is 19.6. The SMILES string of the molecule is CC.CC.CO[Si](C)(C)O[SiH](C)O[Si](C)(C)C.C[SiH](C)O[Si](C)(C)C.C[SiH](C)O[Si](C)(c1ccccc1)c1ccccc1.C[Si](C)(C)O[Si](C)(C)O[SiH3]. The highest BCUT2D eigenvalue weighted by Crippen LogP contribution is 2.14.